The lowest BCUT2D eigenvalue weighted by molar-refractivity contribution is 0.128. The second kappa shape index (κ2) is 6.88. The van der Waals surface area contributed by atoms with Crippen LogP contribution in [0.25, 0.3) is 5.52 Å². The highest BCUT2D eigenvalue weighted by atomic mass is 19.1. The molecule has 8 heteroatoms. The Morgan fingerprint density at radius 2 is 1.96 bits per heavy atom. The third-order valence-corrected chi connectivity index (χ3v) is 4.22. The fraction of sp³-hybridized carbons (Fsp3) is 0.211. The van der Waals surface area contributed by atoms with Gasteiger partial charge in [-0.2, -0.15) is 0 Å². The van der Waals surface area contributed by atoms with Crippen molar-refractivity contribution in [1.82, 2.24) is 14.6 Å². The average molecular weight is 369 g/mol. The molecule has 0 saturated carbocycles. The van der Waals surface area contributed by atoms with Crippen molar-refractivity contribution in [3.05, 3.63) is 71.2 Å². The van der Waals surface area contributed by atoms with Crippen molar-refractivity contribution >= 4 is 17.2 Å². The summed E-state index contributed by atoms with van der Waals surface area (Å²) >= 11 is 0. The molecule has 1 aromatic carbocycles. The number of aliphatic imine (C=N–C) groups is 1. The fourth-order valence-corrected chi connectivity index (χ4v) is 2.95. The molecule has 0 aliphatic carbocycles. The fourth-order valence-electron chi connectivity index (χ4n) is 2.95. The lowest BCUT2D eigenvalue weighted by Crippen LogP contribution is -2.16. The number of fused-ring (bicyclic) bond motifs is 1. The van der Waals surface area contributed by atoms with Gasteiger partial charge in [0.05, 0.1) is 12.7 Å². The standard InChI is InChI=1S/C19H17F2N5O/c1-11-7-16(22-9-11)23-18-15-8-14(21)10-26(15)25-19(24-18)17(27-2)12-3-5-13(20)6-4-12/h3-8,10,17H,9H2,1-2H3,(H,22,23,24,25). The van der Waals surface area contributed by atoms with Crippen LogP contribution in [-0.4, -0.2) is 34.1 Å². The molecule has 1 unspecified atom stereocenters. The van der Waals surface area contributed by atoms with Crippen molar-refractivity contribution in [2.24, 2.45) is 4.99 Å². The number of hydrogen-bond donors (Lipinski definition) is 1. The summed E-state index contributed by atoms with van der Waals surface area (Å²) in [4.78, 5) is 8.90. The van der Waals surface area contributed by atoms with E-state index in [1.165, 1.54) is 36.0 Å². The van der Waals surface area contributed by atoms with E-state index < -0.39 is 11.9 Å². The zero-order valence-corrected chi connectivity index (χ0v) is 14.8. The highest BCUT2D eigenvalue weighted by molar-refractivity contribution is 6.06. The number of benzene rings is 1. The maximum Gasteiger partial charge on any atom is 0.184 e. The first kappa shape index (κ1) is 17.3. The second-order valence-corrected chi connectivity index (χ2v) is 6.29. The number of ether oxygens (including phenoxy) is 1. The zero-order valence-electron chi connectivity index (χ0n) is 14.8. The monoisotopic (exact) mass is 369 g/mol. The summed E-state index contributed by atoms with van der Waals surface area (Å²) in [6.07, 6.45) is 2.54. The Kier molecular flexibility index (Phi) is 4.41. The van der Waals surface area contributed by atoms with E-state index in [4.69, 9.17) is 4.74 Å². The van der Waals surface area contributed by atoms with Gasteiger partial charge in [-0.25, -0.2) is 18.3 Å². The number of methoxy groups -OCH3 is 1. The minimum atomic E-state index is -0.635. The number of rotatable bonds is 4. The van der Waals surface area contributed by atoms with Gasteiger partial charge in [0.2, 0.25) is 0 Å². The molecule has 0 fully saturated rings. The summed E-state index contributed by atoms with van der Waals surface area (Å²) in [5.41, 5.74) is 2.28. The van der Waals surface area contributed by atoms with E-state index in [1.54, 1.807) is 12.1 Å². The van der Waals surface area contributed by atoms with Crippen LogP contribution >= 0.6 is 0 Å². The van der Waals surface area contributed by atoms with E-state index in [9.17, 15) is 8.78 Å². The molecular formula is C19H17F2N5O. The van der Waals surface area contributed by atoms with Crippen molar-refractivity contribution < 1.29 is 13.5 Å². The maximum absolute atomic E-state index is 13.8. The van der Waals surface area contributed by atoms with Gasteiger partial charge in [0.15, 0.2) is 11.6 Å². The van der Waals surface area contributed by atoms with Gasteiger partial charge in [-0.15, -0.1) is 5.10 Å². The number of aromatic nitrogens is 3. The van der Waals surface area contributed by atoms with Crippen LogP contribution in [0.15, 0.2) is 53.2 Å². The van der Waals surface area contributed by atoms with Crippen molar-refractivity contribution in [3.63, 3.8) is 0 Å². The van der Waals surface area contributed by atoms with E-state index >= 15 is 0 Å². The largest absolute Gasteiger partial charge is 0.369 e. The predicted molar refractivity (Wildman–Crippen MR) is 97.9 cm³/mol. The van der Waals surface area contributed by atoms with Crippen LogP contribution in [0.2, 0.25) is 0 Å². The summed E-state index contributed by atoms with van der Waals surface area (Å²) < 4.78 is 34.0. The lowest BCUT2D eigenvalue weighted by atomic mass is 10.1. The summed E-state index contributed by atoms with van der Waals surface area (Å²) in [5.74, 6) is 0.602. The molecule has 6 nitrogen and oxygen atoms in total. The highest BCUT2D eigenvalue weighted by Crippen LogP contribution is 2.26. The Morgan fingerprint density at radius 3 is 2.63 bits per heavy atom. The van der Waals surface area contributed by atoms with Crippen LogP contribution in [0.4, 0.5) is 14.6 Å². The minimum absolute atomic E-state index is 0.314. The first-order valence-corrected chi connectivity index (χ1v) is 8.36. The third kappa shape index (κ3) is 3.43. The topological polar surface area (TPSA) is 63.8 Å². The van der Waals surface area contributed by atoms with E-state index in [0.717, 1.165) is 5.57 Å². The van der Waals surface area contributed by atoms with Crippen molar-refractivity contribution in [2.75, 3.05) is 19.0 Å². The smallest absolute Gasteiger partial charge is 0.184 e. The van der Waals surface area contributed by atoms with Gasteiger partial charge in [-0.1, -0.05) is 12.1 Å². The van der Waals surface area contributed by atoms with Gasteiger partial charge in [-0.3, -0.25) is 4.99 Å². The van der Waals surface area contributed by atoms with Crippen LogP contribution < -0.4 is 5.32 Å². The van der Waals surface area contributed by atoms with E-state index in [-0.39, 0.29) is 5.82 Å². The molecule has 1 N–H and O–H groups in total. The average Bonchev–Trinajstić information content (AvgIpc) is 3.22. The molecule has 1 atom stereocenters. The predicted octanol–water partition coefficient (Wildman–Crippen LogP) is 3.51. The Bertz CT molecular complexity index is 1060. The van der Waals surface area contributed by atoms with Gasteiger partial charge >= 0.3 is 0 Å². The van der Waals surface area contributed by atoms with E-state index in [1.807, 2.05) is 13.0 Å². The van der Waals surface area contributed by atoms with Crippen LogP contribution in [0.3, 0.4) is 0 Å². The molecule has 1 aliphatic rings. The molecular weight excluding hydrogens is 352 g/mol. The first-order chi connectivity index (χ1) is 13.0. The van der Waals surface area contributed by atoms with Crippen molar-refractivity contribution in [3.8, 4) is 0 Å². The molecule has 138 valence electrons. The SMILES string of the molecule is COC(c1ccc(F)cc1)c1nc(NC2=NCC(C)=C2)c2cc(F)cn2n1. The number of nitrogens with zero attached hydrogens (tertiary/aromatic N) is 4. The molecule has 4 rings (SSSR count). The van der Waals surface area contributed by atoms with Crippen LogP contribution in [0.1, 0.15) is 24.4 Å². The molecule has 27 heavy (non-hydrogen) atoms. The molecule has 0 bridgehead atoms. The molecule has 2 aromatic heterocycles. The number of anilines is 1. The Morgan fingerprint density at radius 1 is 1.19 bits per heavy atom. The minimum Gasteiger partial charge on any atom is -0.369 e. The summed E-state index contributed by atoms with van der Waals surface area (Å²) in [5, 5.41) is 7.49. The first-order valence-electron chi connectivity index (χ1n) is 8.36. The number of halogens is 2. The molecule has 0 radical (unpaired) electrons. The van der Waals surface area contributed by atoms with Crippen LogP contribution in [0, 0.1) is 11.6 Å². The lowest BCUT2D eigenvalue weighted by Gasteiger charge is -2.16. The molecule has 1 aliphatic heterocycles. The number of amidine groups is 1. The zero-order chi connectivity index (χ0) is 19.0. The maximum atomic E-state index is 13.8. The molecule has 0 amide bonds. The Hall–Kier alpha value is -3.13. The summed E-state index contributed by atoms with van der Waals surface area (Å²) in [6, 6.07) is 7.24. The summed E-state index contributed by atoms with van der Waals surface area (Å²) in [7, 11) is 1.51. The van der Waals surface area contributed by atoms with Crippen LogP contribution in [-0.2, 0) is 4.74 Å². The second-order valence-electron chi connectivity index (χ2n) is 6.29. The van der Waals surface area contributed by atoms with Gasteiger partial charge in [-0.05, 0) is 36.3 Å². The highest BCUT2D eigenvalue weighted by Gasteiger charge is 2.21. The molecule has 3 heterocycles. The molecule has 0 spiro atoms. The van der Waals surface area contributed by atoms with Crippen LogP contribution in [0.5, 0.6) is 0 Å². The van der Waals surface area contributed by atoms with Crippen molar-refractivity contribution in [1.29, 1.82) is 0 Å². The van der Waals surface area contributed by atoms with Gasteiger partial charge < -0.3 is 10.1 Å². The van der Waals surface area contributed by atoms with Crippen molar-refractivity contribution in [2.45, 2.75) is 13.0 Å². The van der Waals surface area contributed by atoms with Gasteiger partial charge in [0.25, 0.3) is 0 Å². The molecule has 3 aromatic rings. The normalized spacial score (nSPS) is 15.0. The number of nitrogens with one attached hydrogen (secondary N) is 1. The van der Waals surface area contributed by atoms with E-state index in [0.29, 0.717) is 35.1 Å². The Balaban J connectivity index is 1.79. The Labute approximate surface area is 154 Å². The van der Waals surface area contributed by atoms with Gasteiger partial charge in [0, 0.05) is 13.2 Å². The van der Waals surface area contributed by atoms with E-state index in [2.05, 4.69) is 20.4 Å². The number of hydrogen-bond acceptors (Lipinski definition) is 5. The van der Waals surface area contributed by atoms with Gasteiger partial charge in [0.1, 0.15) is 29.1 Å². The third-order valence-electron chi connectivity index (χ3n) is 4.22. The molecule has 0 saturated heterocycles. The quantitative estimate of drug-likeness (QED) is 0.764. The summed E-state index contributed by atoms with van der Waals surface area (Å²) in [6.45, 7) is 2.59.